The maximum atomic E-state index is 11.8. The van der Waals surface area contributed by atoms with E-state index in [9.17, 15) is 4.79 Å². The Bertz CT molecular complexity index is 645. The molecule has 0 spiro atoms. The van der Waals surface area contributed by atoms with Gasteiger partial charge in [0.1, 0.15) is 0 Å². The second-order valence-corrected chi connectivity index (χ2v) is 6.37. The first-order chi connectivity index (χ1) is 11.7. The Morgan fingerprint density at radius 2 is 2.00 bits per heavy atom. The third-order valence-electron chi connectivity index (χ3n) is 4.62. The molecule has 1 aliphatic rings. The fourth-order valence-electron chi connectivity index (χ4n) is 3.30. The molecule has 2 aromatic rings. The number of hydrogen-bond donors (Lipinski definition) is 0. The molecule has 1 amide bonds. The molecule has 0 radical (unpaired) electrons. The van der Waals surface area contributed by atoms with Crippen LogP contribution < -0.4 is 0 Å². The Balaban J connectivity index is 1.66. The van der Waals surface area contributed by atoms with Crippen LogP contribution in [0.25, 0.3) is 0 Å². The number of ether oxygens (including phenoxy) is 1. The predicted octanol–water partition coefficient (Wildman–Crippen LogP) is 3.08. The number of nitrogens with zero attached hydrogens (tertiary/aromatic N) is 2. The second kappa shape index (κ2) is 8.06. The van der Waals surface area contributed by atoms with E-state index in [-0.39, 0.29) is 12.0 Å². The zero-order chi connectivity index (χ0) is 16.8. The Morgan fingerprint density at radius 3 is 2.71 bits per heavy atom. The van der Waals surface area contributed by atoms with Crippen molar-refractivity contribution in [1.29, 1.82) is 0 Å². The van der Waals surface area contributed by atoms with E-state index in [1.54, 1.807) is 13.1 Å². The SMILES string of the molecule is CC(=O)N1CC[C@@H](OCc2ccccn2)[C@@H](Cc2ccccc2)C1. The van der Waals surface area contributed by atoms with E-state index in [1.165, 1.54) is 5.56 Å². The van der Waals surface area contributed by atoms with Gasteiger partial charge in [-0.05, 0) is 30.5 Å². The molecule has 0 saturated carbocycles. The maximum absolute atomic E-state index is 11.8. The number of piperidine rings is 1. The summed E-state index contributed by atoms with van der Waals surface area (Å²) in [6, 6.07) is 16.3. The second-order valence-electron chi connectivity index (χ2n) is 6.37. The van der Waals surface area contributed by atoms with E-state index >= 15 is 0 Å². The summed E-state index contributed by atoms with van der Waals surface area (Å²) in [4.78, 5) is 18.0. The number of hydrogen-bond acceptors (Lipinski definition) is 3. The van der Waals surface area contributed by atoms with Crippen molar-refractivity contribution in [2.75, 3.05) is 13.1 Å². The zero-order valence-corrected chi connectivity index (χ0v) is 14.1. The van der Waals surface area contributed by atoms with Gasteiger partial charge in [-0.3, -0.25) is 9.78 Å². The number of benzene rings is 1. The number of rotatable bonds is 5. The number of carbonyl (C=O) groups is 1. The van der Waals surface area contributed by atoms with Crippen LogP contribution in [0, 0.1) is 5.92 Å². The topological polar surface area (TPSA) is 42.4 Å². The largest absolute Gasteiger partial charge is 0.371 e. The summed E-state index contributed by atoms with van der Waals surface area (Å²) < 4.78 is 6.18. The van der Waals surface area contributed by atoms with Crippen LogP contribution in [-0.2, 0) is 22.6 Å². The molecule has 2 atom stereocenters. The summed E-state index contributed by atoms with van der Waals surface area (Å²) in [6.07, 6.45) is 3.75. The van der Waals surface area contributed by atoms with E-state index < -0.39 is 0 Å². The van der Waals surface area contributed by atoms with Gasteiger partial charge in [0.2, 0.25) is 5.91 Å². The summed E-state index contributed by atoms with van der Waals surface area (Å²) in [7, 11) is 0. The highest BCUT2D eigenvalue weighted by atomic mass is 16.5. The van der Waals surface area contributed by atoms with Crippen LogP contribution in [0.3, 0.4) is 0 Å². The minimum atomic E-state index is 0.149. The average Bonchev–Trinajstić information content (AvgIpc) is 2.62. The van der Waals surface area contributed by atoms with Gasteiger partial charge >= 0.3 is 0 Å². The molecule has 0 bridgehead atoms. The summed E-state index contributed by atoms with van der Waals surface area (Å²) in [5.74, 6) is 0.463. The Labute approximate surface area is 143 Å². The standard InChI is InChI=1S/C20H24N2O2/c1-16(23)22-12-10-20(24-15-19-9-5-6-11-21-19)18(14-22)13-17-7-3-2-4-8-17/h2-9,11,18,20H,10,12-15H2,1H3/t18-,20+/m0/s1. The van der Waals surface area contributed by atoms with Gasteiger partial charge in [-0.15, -0.1) is 0 Å². The molecule has 1 aliphatic heterocycles. The smallest absolute Gasteiger partial charge is 0.219 e. The maximum Gasteiger partial charge on any atom is 0.219 e. The molecule has 0 N–H and O–H groups in total. The molecule has 0 unspecified atom stereocenters. The zero-order valence-electron chi connectivity index (χ0n) is 14.1. The molecule has 1 aromatic heterocycles. The predicted molar refractivity (Wildman–Crippen MR) is 93.3 cm³/mol. The first-order valence-electron chi connectivity index (χ1n) is 8.53. The first kappa shape index (κ1) is 16.7. The lowest BCUT2D eigenvalue weighted by Gasteiger charge is -2.38. The number of pyridine rings is 1. The van der Waals surface area contributed by atoms with Crippen LogP contribution >= 0.6 is 0 Å². The van der Waals surface area contributed by atoms with Gasteiger partial charge in [0.05, 0.1) is 18.4 Å². The fraction of sp³-hybridized carbons (Fsp3) is 0.400. The molecule has 1 aromatic carbocycles. The minimum Gasteiger partial charge on any atom is -0.371 e. The summed E-state index contributed by atoms with van der Waals surface area (Å²) in [6.45, 7) is 3.70. The van der Waals surface area contributed by atoms with Crippen molar-refractivity contribution in [3.05, 3.63) is 66.0 Å². The minimum absolute atomic E-state index is 0.149. The van der Waals surface area contributed by atoms with Crippen LogP contribution in [-0.4, -0.2) is 35.0 Å². The van der Waals surface area contributed by atoms with Crippen LogP contribution in [0.15, 0.2) is 54.7 Å². The van der Waals surface area contributed by atoms with Crippen LogP contribution in [0.4, 0.5) is 0 Å². The van der Waals surface area contributed by atoms with Crippen molar-refractivity contribution in [3.63, 3.8) is 0 Å². The van der Waals surface area contributed by atoms with E-state index in [1.807, 2.05) is 29.2 Å². The highest BCUT2D eigenvalue weighted by molar-refractivity contribution is 5.73. The molecule has 1 fully saturated rings. The molecule has 24 heavy (non-hydrogen) atoms. The van der Waals surface area contributed by atoms with Gasteiger partial charge < -0.3 is 9.64 Å². The van der Waals surface area contributed by atoms with Crippen molar-refractivity contribution < 1.29 is 9.53 Å². The van der Waals surface area contributed by atoms with Gasteiger partial charge in [0, 0.05) is 32.1 Å². The first-order valence-corrected chi connectivity index (χ1v) is 8.53. The normalized spacial score (nSPS) is 20.8. The number of carbonyl (C=O) groups excluding carboxylic acids is 1. The quantitative estimate of drug-likeness (QED) is 0.849. The van der Waals surface area contributed by atoms with Crippen molar-refractivity contribution in [3.8, 4) is 0 Å². The summed E-state index contributed by atoms with van der Waals surface area (Å²) in [5.41, 5.74) is 2.24. The third-order valence-corrected chi connectivity index (χ3v) is 4.62. The Kier molecular flexibility index (Phi) is 5.59. The number of amides is 1. The summed E-state index contributed by atoms with van der Waals surface area (Å²) in [5, 5.41) is 0. The molecular weight excluding hydrogens is 300 g/mol. The van der Waals surface area contributed by atoms with Crippen LogP contribution in [0.5, 0.6) is 0 Å². The lowest BCUT2D eigenvalue weighted by molar-refractivity contribution is -0.134. The van der Waals surface area contributed by atoms with Gasteiger partial charge in [0.25, 0.3) is 0 Å². The lowest BCUT2D eigenvalue weighted by atomic mass is 9.88. The van der Waals surface area contributed by atoms with Crippen molar-refractivity contribution in [2.24, 2.45) is 5.92 Å². The fourth-order valence-corrected chi connectivity index (χ4v) is 3.30. The van der Waals surface area contributed by atoms with Crippen LogP contribution in [0.2, 0.25) is 0 Å². The molecule has 3 rings (SSSR count). The van der Waals surface area contributed by atoms with Crippen LogP contribution in [0.1, 0.15) is 24.6 Å². The molecule has 126 valence electrons. The Hall–Kier alpha value is -2.20. The Morgan fingerprint density at radius 1 is 1.21 bits per heavy atom. The monoisotopic (exact) mass is 324 g/mol. The van der Waals surface area contributed by atoms with E-state index in [0.29, 0.717) is 12.5 Å². The van der Waals surface area contributed by atoms with Crippen molar-refractivity contribution in [1.82, 2.24) is 9.88 Å². The average molecular weight is 324 g/mol. The third kappa shape index (κ3) is 4.42. The number of aromatic nitrogens is 1. The molecule has 1 saturated heterocycles. The van der Waals surface area contributed by atoms with E-state index in [2.05, 4.69) is 29.2 Å². The lowest BCUT2D eigenvalue weighted by Crippen LogP contribution is -2.46. The molecule has 2 heterocycles. The van der Waals surface area contributed by atoms with Crippen molar-refractivity contribution >= 4 is 5.91 Å². The van der Waals surface area contributed by atoms with E-state index in [0.717, 1.165) is 31.6 Å². The van der Waals surface area contributed by atoms with Gasteiger partial charge in [-0.2, -0.15) is 0 Å². The molecule has 4 heteroatoms. The molecule has 4 nitrogen and oxygen atoms in total. The molecule has 0 aliphatic carbocycles. The van der Waals surface area contributed by atoms with Gasteiger partial charge in [-0.1, -0.05) is 36.4 Å². The highest BCUT2D eigenvalue weighted by Gasteiger charge is 2.31. The number of likely N-dealkylation sites (tertiary alicyclic amines) is 1. The van der Waals surface area contributed by atoms with Gasteiger partial charge in [0.15, 0.2) is 0 Å². The summed E-state index contributed by atoms with van der Waals surface area (Å²) >= 11 is 0. The van der Waals surface area contributed by atoms with Gasteiger partial charge in [-0.25, -0.2) is 0 Å². The highest BCUT2D eigenvalue weighted by Crippen LogP contribution is 2.25. The van der Waals surface area contributed by atoms with Crippen molar-refractivity contribution in [2.45, 2.75) is 32.5 Å². The van der Waals surface area contributed by atoms with E-state index in [4.69, 9.17) is 4.74 Å². The molecular formula is C20H24N2O2.